The maximum atomic E-state index is 12.3. The summed E-state index contributed by atoms with van der Waals surface area (Å²) in [5.41, 5.74) is 4.09. The molecule has 6 heteroatoms. The van der Waals surface area contributed by atoms with E-state index in [2.05, 4.69) is 10.6 Å². The first-order valence-electron chi connectivity index (χ1n) is 11.2. The van der Waals surface area contributed by atoms with Gasteiger partial charge < -0.3 is 24.8 Å². The predicted molar refractivity (Wildman–Crippen MR) is 129 cm³/mol. The van der Waals surface area contributed by atoms with Crippen LogP contribution < -0.4 is 20.1 Å². The van der Waals surface area contributed by atoms with Crippen LogP contribution in [0.4, 0.5) is 5.69 Å². The number of anilines is 1. The van der Waals surface area contributed by atoms with Gasteiger partial charge in [0.2, 0.25) is 5.91 Å². The van der Waals surface area contributed by atoms with Crippen molar-refractivity contribution in [1.29, 1.82) is 0 Å². The third-order valence-corrected chi connectivity index (χ3v) is 5.47. The molecule has 1 aliphatic rings. The second-order valence-corrected chi connectivity index (χ2v) is 8.12. The molecule has 0 bridgehead atoms. The first-order chi connectivity index (χ1) is 16.2. The molecule has 0 saturated carbocycles. The maximum absolute atomic E-state index is 12.3. The number of nitrogens with one attached hydrogen (secondary N) is 2. The highest BCUT2D eigenvalue weighted by Crippen LogP contribution is 2.30. The van der Waals surface area contributed by atoms with E-state index < -0.39 is 0 Å². The van der Waals surface area contributed by atoms with Gasteiger partial charge in [-0.1, -0.05) is 48.5 Å². The Morgan fingerprint density at radius 1 is 0.939 bits per heavy atom. The van der Waals surface area contributed by atoms with Crippen molar-refractivity contribution in [3.8, 4) is 11.5 Å². The van der Waals surface area contributed by atoms with Gasteiger partial charge in [0.05, 0.1) is 13.0 Å². The highest BCUT2D eigenvalue weighted by atomic mass is 16.6. The van der Waals surface area contributed by atoms with Gasteiger partial charge in [0.15, 0.2) is 11.5 Å². The zero-order chi connectivity index (χ0) is 22.9. The van der Waals surface area contributed by atoms with Crippen molar-refractivity contribution >= 4 is 11.6 Å². The SMILES string of the molecule is COCc1ccc(CC(=O)Nc2ccc(CCNCC3COc4ccccc4O3)cc2)cc1. The lowest BCUT2D eigenvalue weighted by Crippen LogP contribution is -2.39. The first kappa shape index (κ1) is 22.8. The fourth-order valence-corrected chi connectivity index (χ4v) is 3.72. The lowest BCUT2D eigenvalue weighted by Gasteiger charge is -2.26. The largest absolute Gasteiger partial charge is 0.486 e. The second-order valence-electron chi connectivity index (χ2n) is 8.12. The molecule has 3 aromatic carbocycles. The van der Waals surface area contributed by atoms with Gasteiger partial charge in [0, 0.05) is 19.3 Å². The summed E-state index contributed by atoms with van der Waals surface area (Å²) in [6.45, 7) is 2.70. The fourth-order valence-electron chi connectivity index (χ4n) is 3.72. The molecule has 6 nitrogen and oxygen atoms in total. The first-order valence-corrected chi connectivity index (χ1v) is 11.2. The molecule has 0 spiro atoms. The van der Waals surface area contributed by atoms with Crippen LogP contribution >= 0.6 is 0 Å². The minimum atomic E-state index is -0.0276. The molecule has 1 atom stereocenters. The van der Waals surface area contributed by atoms with Gasteiger partial charge in [-0.3, -0.25) is 4.79 Å². The fraction of sp³-hybridized carbons (Fsp3) is 0.296. The topological polar surface area (TPSA) is 68.8 Å². The van der Waals surface area contributed by atoms with Crippen molar-refractivity contribution < 1.29 is 19.0 Å². The minimum Gasteiger partial charge on any atom is -0.486 e. The molecule has 0 aromatic heterocycles. The Morgan fingerprint density at radius 3 is 2.39 bits per heavy atom. The average molecular weight is 447 g/mol. The zero-order valence-corrected chi connectivity index (χ0v) is 18.9. The quantitative estimate of drug-likeness (QED) is 0.461. The minimum absolute atomic E-state index is 0.00803. The number of para-hydroxylation sites is 2. The van der Waals surface area contributed by atoms with Crippen LogP contribution in [0.2, 0.25) is 0 Å². The number of hydrogen-bond acceptors (Lipinski definition) is 5. The van der Waals surface area contributed by atoms with E-state index in [9.17, 15) is 4.79 Å². The van der Waals surface area contributed by atoms with E-state index in [0.717, 1.165) is 47.8 Å². The molecule has 1 heterocycles. The Hall–Kier alpha value is -3.35. The summed E-state index contributed by atoms with van der Waals surface area (Å²) in [5, 5.41) is 6.40. The van der Waals surface area contributed by atoms with Gasteiger partial charge in [0.25, 0.3) is 0 Å². The molecule has 0 saturated heterocycles. The van der Waals surface area contributed by atoms with Crippen molar-refractivity contribution in [2.24, 2.45) is 0 Å². The van der Waals surface area contributed by atoms with Crippen molar-refractivity contribution in [2.75, 3.05) is 32.1 Å². The Labute approximate surface area is 194 Å². The summed E-state index contributed by atoms with van der Waals surface area (Å²) in [4.78, 5) is 12.3. The molecule has 4 rings (SSSR count). The molecule has 0 fully saturated rings. The molecule has 33 heavy (non-hydrogen) atoms. The summed E-state index contributed by atoms with van der Waals surface area (Å²) in [6.07, 6.45) is 1.25. The number of ether oxygens (including phenoxy) is 3. The number of amides is 1. The maximum Gasteiger partial charge on any atom is 0.228 e. The highest BCUT2D eigenvalue weighted by Gasteiger charge is 2.19. The van der Waals surface area contributed by atoms with Crippen LogP contribution in [0.25, 0.3) is 0 Å². The summed E-state index contributed by atoms with van der Waals surface area (Å²) >= 11 is 0. The number of carbonyl (C=O) groups excluding carboxylic acids is 1. The Bertz CT molecular complexity index is 1030. The van der Waals surface area contributed by atoms with E-state index in [1.165, 1.54) is 5.56 Å². The highest BCUT2D eigenvalue weighted by molar-refractivity contribution is 5.92. The Morgan fingerprint density at radius 2 is 1.64 bits per heavy atom. The standard InChI is InChI=1S/C27H30N2O4/c1-31-18-22-8-6-21(7-9-22)16-27(30)29-23-12-10-20(11-13-23)14-15-28-17-24-19-32-25-4-2-3-5-26(25)33-24/h2-13,24,28H,14-19H2,1H3,(H,29,30). The monoisotopic (exact) mass is 446 g/mol. The molecule has 0 aliphatic carbocycles. The average Bonchev–Trinajstić information content (AvgIpc) is 2.84. The number of carbonyl (C=O) groups is 1. The van der Waals surface area contributed by atoms with E-state index in [-0.39, 0.29) is 12.0 Å². The van der Waals surface area contributed by atoms with Gasteiger partial charge in [0.1, 0.15) is 12.7 Å². The summed E-state index contributed by atoms with van der Waals surface area (Å²) in [7, 11) is 1.67. The van der Waals surface area contributed by atoms with Crippen molar-refractivity contribution in [3.63, 3.8) is 0 Å². The van der Waals surface area contributed by atoms with Crippen LogP contribution in [0, 0.1) is 0 Å². The third-order valence-electron chi connectivity index (χ3n) is 5.47. The third kappa shape index (κ3) is 6.81. The predicted octanol–water partition coefficient (Wildman–Crippen LogP) is 3.99. The van der Waals surface area contributed by atoms with E-state index in [1.807, 2.05) is 72.8 Å². The van der Waals surface area contributed by atoms with Crippen LogP contribution in [0.3, 0.4) is 0 Å². The van der Waals surface area contributed by atoms with Crippen LogP contribution in [0.5, 0.6) is 11.5 Å². The number of fused-ring (bicyclic) bond motifs is 1. The molecule has 2 N–H and O–H groups in total. The molecule has 172 valence electrons. The molecule has 0 radical (unpaired) electrons. The lowest BCUT2D eigenvalue weighted by atomic mass is 10.1. The smallest absolute Gasteiger partial charge is 0.228 e. The van der Waals surface area contributed by atoms with Gasteiger partial charge in [-0.25, -0.2) is 0 Å². The Kier molecular flexibility index (Phi) is 7.95. The van der Waals surface area contributed by atoms with E-state index in [1.54, 1.807) is 7.11 Å². The molecule has 1 aliphatic heterocycles. The number of benzene rings is 3. The van der Waals surface area contributed by atoms with E-state index in [4.69, 9.17) is 14.2 Å². The normalized spacial score (nSPS) is 14.6. The van der Waals surface area contributed by atoms with Gasteiger partial charge in [-0.05, 0) is 53.9 Å². The molecular formula is C27H30N2O4. The van der Waals surface area contributed by atoms with Gasteiger partial charge in [-0.15, -0.1) is 0 Å². The van der Waals surface area contributed by atoms with Crippen molar-refractivity contribution in [3.05, 3.63) is 89.5 Å². The second kappa shape index (κ2) is 11.5. The summed E-state index contributed by atoms with van der Waals surface area (Å²) in [5.74, 6) is 1.58. The van der Waals surface area contributed by atoms with Crippen molar-refractivity contribution in [2.45, 2.75) is 25.6 Å². The van der Waals surface area contributed by atoms with E-state index in [0.29, 0.717) is 19.6 Å². The zero-order valence-electron chi connectivity index (χ0n) is 18.9. The van der Waals surface area contributed by atoms with Gasteiger partial charge in [-0.2, -0.15) is 0 Å². The van der Waals surface area contributed by atoms with Gasteiger partial charge >= 0.3 is 0 Å². The number of hydrogen-bond donors (Lipinski definition) is 2. The van der Waals surface area contributed by atoms with Crippen LogP contribution in [0.1, 0.15) is 16.7 Å². The van der Waals surface area contributed by atoms with E-state index >= 15 is 0 Å². The molecule has 3 aromatic rings. The number of rotatable bonds is 10. The van der Waals surface area contributed by atoms with Crippen LogP contribution in [-0.4, -0.2) is 38.8 Å². The summed E-state index contributed by atoms with van der Waals surface area (Å²) < 4.78 is 16.8. The van der Waals surface area contributed by atoms with Crippen LogP contribution in [0.15, 0.2) is 72.8 Å². The molecule has 1 unspecified atom stereocenters. The van der Waals surface area contributed by atoms with Crippen LogP contribution in [-0.2, 0) is 29.0 Å². The van der Waals surface area contributed by atoms with Crippen molar-refractivity contribution in [1.82, 2.24) is 5.32 Å². The lowest BCUT2D eigenvalue weighted by molar-refractivity contribution is -0.115. The molecule has 1 amide bonds. The Balaban J connectivity index is 1.16. The summed E-state index contributed by atoms with van der Waals surface area (Å²) in [6, 6.07) is 23.6. The molecular weight excluding hydrogens is 416 g/mol. The number of methoxy groups -OCH3 is 1.